The van der Waals surface area contributed by atoms with Crippen LogP contribution in [0.5, 0.6) is 0 Å². The highest BCUT2D eigenvalue weighted by atomic mass is 32.1. The van der Waals surface area contributed by atoms with E-state index in [4.69, 9.17) is 9.52 Å². The van der Waals surface area contributed by atoms with Crippen LogP contribution in [0.3, 0.4) is 0 Å². The molecule has 0 bridgehead atoms. The van der Waals surface area contributed by atoms with Gasteiger partial charge in [0.25, 0.3) is 0 Å². The fourth-order valence-electron chi connectivity index (χ4n) is 3.85. The van der Waals surface area contributed by atoms with Gasteiger partial charge in [-0.15, -0.1) is 11.3 Å². The highest BCUT2D eigenvalue weighted by Gasteiger charge is 2.16. The predicted octanol–water partition coefficient (Wildman–Crippen LogP) is 6.22. The molecule has 8 heteroatoms. The summed E-state index contributed by atoms with van der Waals surface area (Å²) in [5.41, 5.74) is 7.36. The Morgan fingerprint density at radius 3 is 2.53 bits per heavy atom. The summed E-state index contributed by atoms with van der Waals surface area (Å²) in [5, 5.41) is 12.6. The first-order valence-electron chi connectivity index (χ1n) is 11.2. The van der Waals surface area contributed by atoms with E-state index in [1.807, 2.05) is 90.4 Å². The summed E-state index contributed by atoms with van der Waals surface area (Å²) in [7, 11) is 0. The maximum atomic E-state index is 12.9. The molecule has 0 radical (unpaired) electrons. The molecule has 7 nitrogen and oxygen atoms in total. The maximum Gasteiger partial charge on any atom is 0.345 e. The van der Waals surface area contributed by atoms with Crippen molar-refractivity contribution in [3.8, 4) is 28.2 Å². The second-order valence-corrected chi connectivity index (χ2v) is 8.83. The van der Waals surface area contributed by atoms with Crippen LogP contribution in [-0.2, 0) is 0 Å². The van der Waals surface area contributed by atoms with E-state index in [2.05, 4.69) is 15.5 Å². The van der Waals surface area contributed by atoms with Crippen molar-refractivity contribution in [2.45, 2.75) is 0 Å². The van der Waals surface area contributed by atoms with Crippen molar-refractivity contribution in [2.24, 2.45) is 5.10 Å². The third kappa shape index (κ3) is 4.33. The van der Waals surface area contributed by atoms with Gasteiger partial charge in [0.15, 0.2) is 0 Å². The number of para-hydroxylation sites is 2. The van der Waals surface area contributed by atoms with Crippen LogP contribution in [0.25, 0.3) is 39.2 Å². The van der Waals surface area contributed by atoms with Gasteiger partial charge in [0.1, 0.15) is 11.3 Å². The van der Waals surface area contributed by atoms with E-state index < -0.39 is 5.63 Å². The smallest absolute Gasteiger partial charge is 0.345 e. The van der Waals surface area contributed by atoms with Crippen LogP contribution in [0.2, 0.25) is 0 Å². The van der Waals surface area contributed by atoms with Crippen molar-refractivity contribution in [3.63, 3.8) is 0 Å². The van der Waals surface area contributed by atoms with Crippen molar-refractivity contribution >= 4 is 33.7 Å². The van der Waals surface area contributed by atoms with E-state index in [0.29, 0.717) is 27.5 Å². The molecule has 3 aromatic heterocycles. The topological polar surface area (TPSA) is 85.3 Å². The minimum absolute atomic E-state index is 0.366. The molecule has 174 valence electrons. The first-order valence-corrected chi connectivity index (χ1v) is 12.1. The number of benzene rings is 3. The molecule has 1 N–H and O–H groups in total. The molecule has 3 heterocycles. The molecule has 6 aromatic rings. The van der Waals surface area contributed by atoms with Gasteiger partial charge in [-0.3, -0.25) is 5.43 Å². The number of anilines is 1. The molecule has 3 aromatic carbocycles. The van der Waals surface area contributed by atoms with Crippen LogP contribution in [0.4, 0.5) is 5.13 Å². The second kappa shape index (κ2) is 9.44. The van der Waals surface area contributed by atoms with Gasteiger partial charge in [-0.1, -0.05) is 66.7 Å². The summed E-state index contributed by atoms with van der Waals surface area (Å²) < 4.78 is 7.29. The Morgan fingerprint density at radius 2 is 1.69 bits per heavy atom. The Morgan fingerprint density at radius 1 is 0.944 bits per heavy atom. The molecular weight excluding hydrogens is 470 g/mol. The zero-order valence-corrected chi connectivity index (χ0v) is 19.7. The largest absolute Gasteiger partial charge is 0.422 e. The first kappa shape index (κ1) is 21.7. The Bertz CT molecular complexity index is 1740. The van der Waals surface area contributed by atoms with E-state index in [9.17, 15) is 4.79 Å². The molecule has 6 rings (SSSR count). The van der Waals surface area contributed by atoms with E-state index in [-0.39, 0.29) is 0 Å². The molecule has 0 saturated heterocycles. The van der Waals surface area contributed by atoms with Gasteiger partial charge < -0.3 is 4.42 Å². The quantitative estimate of drug-likeness (QED) is 0.171. The lowest BCUT2D eigenvalue weighted by molar-refractivity contribution is 0.563. The van der Waals surface area contributed by atoms with Crippen LogP contribution >= 0.6 is 11.3 Å². The van der Waals surface area contributed by atoms with Gasteiger partial charge in [-0.05, 0) is 24.3 Å². The summed E-state index contributed by atoms with van der Waals surface area (Å²) in [6.07, 6.45) is 3.47. The van der Waals surface area contributed by atoms with E-state index in [1.54, 1.807) is 23.0 Å². The van der Waals surface area contributed by atoms with Crippen molar-refractivity contribution in [1.29, 1.82) is 0 Å². The van der Waals surface area contributed by atoms with Crippen molar-refractivity contribution < 1.29 is 4.42 Å². The zero-order valence-electron chi connectivity index (χ0n) is 18.9. The Kier molecular flexibility index (Phi) is 5.69. The molecular formula is C28H19N5O2S. The average Bonchev–Trinajstić information content (AvgIpc) is 3.57. The van der Waals surface area contributed by atoms with Gasteiger partial charge in [-0.25, -0.2) is 14.5 Å². The lowest BCUT2D eigenvalue weighted by atomic mass is 10.1. The normalized spacial score (nSPS) is 11.3. The number of thiazole rings is 1. The Labute approximate surface area is 210 Å². The highest BCUT2D eigenvalue weighted by Crippen LogP contribution is 2.26. The lowest BCUT2D eigenvalue weighted by Crippen LogP contribution is -2.05. The summed E-state index contributed by atoms with van der Waals surface area (Å²) in [6, 6.07) is 28.9. The molecule has 0 aliphatic carbocycles. The number of aromatic nitrogens is 3. The fraction of sp³-hybridized carbons (Fsp3) is 0. The van der Waals surface area contributed by atoms with E-state index in [1.165, 1.54) is 11.3 Å². The van der Waals surface area contributed by atoms with Gasteiger partial charge in [0.2, 0.25) is 5.13 Å². The molecule has 0 aliphatic rings. The van der Waals surface area contributed by atoms with Crippen LogP contribution in [-0.4, -0.2) is 21.0 Å². The molecule has 0 amide bonds. The number of hydrogen-bond donors (Lipinski definition) is 1. The molecule has 0 atom stereocenters. The van der Waals surface area contributed by atoms with Crippen LogP contribution in [0.15, 0.2) is 117 Å². The van der Waals surface area contributed by atoms with Crippen LogP contribution in [0.1, 0.15) is 5.56 Å². The Hall–Kier alpha value is -4.82. The minimum atomic E-state index is -0.456. The third-order valence-corrected chi connectivity index (χ3v) is 6.34. The first-order chi connectivity index (χ1) is 17.7. The standard InChI is InChI=1S/C28H19N5O2S/c34-27-23(15-20-11-7-8-14-25(20)35-27)26-21(17-33(32-26)22-12-5-2-6-13-22)16-29-31-28-30-24(18-36-28)19-9-3-1-4-10-19/h1-18H,(H,30,31). The summed E-state index contributed by atoms with van der Waals surface area (Å²) >= 11 is 1.46. The summed E-state index contributed by atoms with van der Waals surface area (Å²) in [4.78, 5) is 17.5. The van der Waals surface area contributed by atoms with Crippen LogP contribution < -0.4 is 11.1 Å². The number of rotatable bonds is 6. The van der Waals surface area contributed by atoms with Crippen LogP contribution in [0, 0.1) is 0 Å². The minimum Gasteiger partial charge on any atom is -0.422 e. The second-order valence-electron chi connectivity index (χ2n) is 7.97. The average molecular weight is 490 g/mol. The summed E-state index contributed by atoms with van der Waals surface area (Å²) in [5.74, 6) is 0. The predicted molar refractivity (Wildman–Crippen MR) is 144 cm³/mol. The number of nitrogens with one attached hydrogen (secondary N) is 1. The molecule has 0 aliphatic heterocycles. The zero-order chi connectivity index (χ0) is 24.3. The number of nitrogens with zero attached hydrogens (tertiary/aromatic N) is 4. The molecule has 36 heavy (non-hydrogen) atoms. The maximum absolute atomic E-state index is 12.9. The lowest BCUT2D eigenvalue weighted by Gasteiger charge is -2.01. The Balaban J connectivity index is 1.36. The van der Waals surface area contributed by atoms with E-state index in [0.717, 1.165) is 22.3 Å². The monoisotopic (exact) mass is 489 g/mol. The number of hydrogen-bond acceptors (Lipinski definition) is 7. The van der Waals surface area contributed by atoms with Gasteiger partial charge in [0, 0.05) is 28.1 Å². The third-order valence-electron chi connectivity index (χ3n) is 5.60. The number of hydrazone groups is 1. The SMILES string of the molecule is O=c1oc2ccccc2cc1-c1nn(-c2ccccc2)cc1C=NNc1nc(-c2ccccc2)cs1. The van der Waals surface area contributed by atoms with Crippen molar-refractivity contribution in [1.82, 2.24) is 14.8 Å². The highest BCUT2D eigenvalue weighted by molar-refractivity contribution is 7.14. The fourth-order valence-corrected chi connectivity index (χ4v) is 4.52. The van der Waals surface area contributed by atoms with Gasteiger partial charge in [-0.2, -0.15) is 10.2 Å². The summed E-state index contributed by atoms with van der Waals surface area (Å²) in [6.45, 7) is 0. The van der Waals surface area contributed by atoms with Gasteiger partial charge >= 0.3 is 5.63 Å². The van der Waals surface area contributed by atoms with E-state index >= 15 is 0 Å². The van der Waals surface area contributed by atoms with Crippen molar-refractivity contribution in [2.75, 3.05) is 5.43 Å². The van der Waals surface area contributed by atoms with Gasteiger partial charge in [0.05, 0.1) is 23.2 Å². The molecule has 0 fully saturated rings. The number of fused-ring (bicyclic) bond motifs is 1. The van der Waals surface area contributed by atoms with Crippen molar-refractivity contribution in [3.05, 3.63) is 119 Å². The molecule has 0 unspecified atom stereocenters. The molecule has 0 saturated carbocycles. The molecule has 0 spiro atoms.